The summed E-state index contributed by atoms with van der Waals surface area (Å²) >= 11 is 0. The monoisotopic (exact) mass is 595 g/mol. The van der Waals surface area contributed by atoms with Gasteiger partial charge in [-0.25, -0.2) is 0 Å². The van der Waals surface area contributed by atoms with Crippen LogP contribution in [0.1, 0.15) is 226 Å². The summed E-state index contributed by atoms with van der Waals surface area (Å²) in [6.07, 6.45) is 39.7. The van der Waals surface area contributed by atoms with E-state index in [-0.39, 0.29) is 18.5 Å². The highest BCUT2D eigenvalue weighted by Gasteiger charge is 2.14. The number of unbranched alkanes of at least 4 members (excludes halogenated alkanes) is 26. The highest BCUT2D eigenvalue weighted by Crippen LogP contribution is 2.19. The first-order valence-electron chi connectivity index (χ1n) is 19.0. The molecule has 1 atom stereocenters. The smallest absolute Gasteiger partial charge is 0.306 e. The van der Waals surface area contributed by atoms with Crippen LogP contribution in [0.5, 0.6) is 0 Å². The number of hydrogen-bond donors (Lipinski definition) is 1. The third-order valence-electron chi connectivity index (χ3n) is 8.83. The second-order valence-corrected chi connectivity index (χ2v) is 13.1. The zero-order valence-electron chi connectivity index (χ0n) is 28.6. The predicted octanol–water partition coefficient (Wildman–Crippen LogP) is 12.9. The minimum Gasteiger partial charge on any atom is -0.481 e. The van der Waals surface area contributed by atoms with Crippen LogP contribution in [-0.4, -0.2) is 23.1 Å². The molecule has 0 aliphatic heterocycles. The second kappa shape index (κ2) is 34.4. The van der Waals surface area contributed by atoms with Crippen molar-refractivity contribution in [3.05, 3.63) is 0 Å². The van der Waals surface area contributed by atoms with Crippen molar-refractivity contribution in [3.8, 4) is 0 Å². The lowest BCUT2D eigenvalue weighted by Crippen LogP contribution is -2.18. The average Bonchev–Trinajstić information content (AvgIpc) is 2.97. The topological polar surface area (TPSA) is 63.6 Å². The molecule has 0 aliphatic rings. The van der Waals surface area contributed by atoms with Crippen LogP contribution in [-0.2, 0) is 14.3 Å². The largest absolute Gasteiger partial charge is 0.481 e. The highest BCUT2D eigenvalue weighted by molar-refractivity contribution is 5.69. The molecule has 0 aromatic heterocycles. The molecule has 0 aromatic carbocycles. The van der Waals surface area contributed by atoms with Gasteiger partial charge in [0.25, 0.3) is 0 Å². The summed E-state index contributed by atoms with van der Waals surface area (Å²) < 4.78 is 5.99. The summed E-state index contributed by atoms with van der Waals surface area (Å²) in [4.78, 5) is 23.3. The van der Waals surface area contributed by atoms with Gasteiger partial charge in [0.1, 0.15) is 6.10 Å². The SMILES string of the molecule is CCCCCCCCCCCCCCCCC(=O)OC(CCCCCCCCCCCC)CCCCCCCC(=O)O. The number of rotatable bonds is 35. The van der Waals surface area contributed by atoms with Gasteiger partial charge in [0.2, 0.25) is 0 Å². The molecule has 0 saturated carbocycles. The Kier molecular flexibility index (Phi) is 33.6. The molecule has 1 unspecified atom stereocenters. The fraction of sp³-hybridized carbons (Fsp3) is 0.947. The van der Waals surface area contributed by atoms with E-state index in [1.54, 1.807) is 0 Å². The van der Waals surface area contributed by atoms with E-state index in [1.165, 1.54) is 135 Å². The van der Waals surface area contributed by atoms with Gasteiger partial charge < -0.3 is 9.84 Å². The van der Waals surface area contributed by atoms with Gasteiger partial charge >= 0.3 is 11.9 Å². The summed E-state index contributed by atoms with van der Waals surface area (Å²) in [7, 11) is 0. The van der Waals surface area contributed by atoms with Gasteiger partial charge in [-0.3, -0.25) is 9.59 Å². The van der Waals surface area contributed by atoms with E-state index in [0.717, 1.165) is 64.2 Å². The molecule has 0 saturated heterocycles. The maximum atomic E-state index is 12.6. The zero-order chi connectivity index (χ0) is 30.8. The maximum Gasteiger partial charge on any atom is 0.306 e. The average molecular weight is 595 g/mol. The van der Waals surface area contributed by atoms with Crippen molar-refractivity contribution >= 4 is 11.9 Å². The molecule has 0 aromatic rings. The van der Waals surface area contributed by atoms with Crippen molar-refractivity contribution in [2.45, 2.75) is 232 Å². The molecular weight excluding hydrogens is 520 g/mol. The van der Waals surface area contributed by atoms with E-state index < -0.39 is 5.97 Å². The Morgan fingerprint density at radius 3 is 1.05 bits per heavy atom. The zero-order valence-corrected chi connectivity index (χ0v) is 28.6. The van der Waals surface area contributed by atoms with Crippen LogP contribution in [0, 0.1) is 0 Å². The third kappa shape index (κ3) is 33.4. The number of carbonyl (C=O) groups excluding carboxylic acids is 1. The summed E-state index contributed by atoms with van der Waals surface area (Å²) in [5.41, 5.74) is 0. The molecule has 250 valence electrons. The van der Waals surface area contributed by atoms with Crippen molar-refractivity contribution in [1.29, 1.82) is 0 Å². The van der Waals surface area contributed by atoms with Gasteiger partial charge in [0, 0.05) is 12.8 Å². The molecule has 42 heavy (non-hydrogen) atoms. The second-order valence-electron chi connectivity index (χ2n) is 13.1. The summed E-state index contributed by atoms with van der Waals surface area (Å²) in [5, 5.41) is 8.80. The molecule has 1 N–H and O–H groups in total. The molecular formula is C38H74O4. The Morgan fingerprint density at radius 1 is 0.429 bits per heavy atom. The quantitative estimate of drug-likeness (QED) is 0.0585. The van der Waals surface area contributed by atoms with Crippen LogP contribution in [0.25, 0.3) is 0 Å². The number of esters is 1. The Labute approximate surface area is 262 Å². The first kappa shape index (κ1) is 40.9. The molecule has 0 spiro atoms. The van der Waals surface area contributed by atoms with Gasteiger partial charge in [-0.1, -0.05) is 174 Å². The van der Waals surface area contributed by atoms with E-state index in [1.807, 2.05) is 0 Å². The van der Waals surface area contributed by atoms with Gasteiger partial charge in [-0.15, -0.1) is 0 Å². The van der Waals surface area contributed by atoms with Gasteiger partial charge in [0.05, 0.1) is 0 Å². The predicted molar refractivity (Wildman–Crippen MR) is 181 cm³/mol. The molecule has 0 amide bonds. The van der Waals surface area contributed by atoms with Crippen LogP contribution in [0.4, 0.5) is 0 Å². The van der Waals surface area contributed by atoms with Crippen LogP contribution >= 0.6 is 0 Å². The summed E-state index contributed by atoms with van der Waals surface area (Å²) in [5.74, 6) is -0.690. The molecule has 0 rings (SSSR count). The number of hydrogen-bond acceptors (Lipinski definition) is 3. The Morgan fingerprint density at radius 2 is 0.714 bits per heavy atom. The number of carboxylic acids is 1. The number of aliphatic carboxylic acids is 1. The highest BCUT2D eigenvalue weighted by atomic mass is 16.5. The van der Waals surface area contributed by atoms with E-state index in [0.29, 0.717) is 6.42 Å². The lowest BCUT2D eigenvalue weighted by molar-refractivity contribution is -0.150. The van der Waals surface area contributed by atoms with E-state index in [4.69, 9.17) is 9.84 Å². The molecule has 0 aliphatic carbocycles. The van der Waals surface area contributed by atoms with E-state index in [2.05, 4.69) is 13.8 Å². The van der Waals surface area contributed by atoms with Crippen molar-refractivity contribution in [2.75, 3.05) is 0 Å². The fourth-order valence-electron chi connectivity index (χ4n) is 6.01. The molecule has 0 bridgehead atoms. The fourth-order valence-corrected chi connectivity index (χ4v) is 6.01. The molecule has 0 heterocycles. The Hall–Kier alpha value is -1.06. The minimum atomic E-state index is -0.697. The van der Waals surface area contributed by atoms with Crippen LogP contribution in [0.15, 0.2) is 0 Å². The van der Waals surface area contributed by atoms with Gasteiger partial charge in [-0.2, -0.15) is 0 Å². The number of carboxylic acid groups (broad SMARTS) is 1. The number of ether oxygens (including phenoxy) is 1. The Balaban J connectivity index is 3.97. The first-order chi connectivity index (χ1) is 20.6. The minimum absolute atomic E-state index is 0.00692. The summed E-state index contributed by atoms with van der Waals surface area (Å²) in [6, 6.07) is 0. The van der Waals surface area contributed by atoms with Crippen molar-refractivity contribution in [3.63, 3.8) is 0 Å². The van der Waals surface area contributed by atoms with Crippen LogP contribution < -0.4 is 0 Å². The number of carbonyl (C=O) groups is 2. The molecule has 0 fully saturated rings. The third-order valence-corrected chi connectivity index (χ3v) is 8.83. The Bertz CT molecular complexity index is 561. The normalized spacial score (nSPS) is 12.0. The van der Waals surface area contributed by atoms with Crippen molar-refractivity contribution in [1.82, 2.24) is 0 Å². The van der Waals surface area contributed by atoms with Gasteiger partial charge in [0.15, 0.2) is 0 Å². The summed E-state index contributed by atoms with van der Waals surface area (Å²) in [6.45, 7) is 4.55. The lowest BCUT2D eigenvalue weighted by Gasteiger charge is -2.18. The molecule has 0 radical (unpaired) electrons. The maximum absolute atomic E-state index is 12.6. The lowest BCUT2D eigenvalue weighted by atomic mass is 10.0. The standard InChI is InChI=1S/C38H74O4/c1-3-5-7-9-11-13-15-16-17-18-20-22-27-31-35-38(41)42-36(33-29-25-23-26-30-34-37(39)40)32-28-24-21-19-14-12-10-8-6-4-2/h36H,3-35H2,1-2H3,(H,39,40). The molecule has 4 heteroatoms. The van der Waals surface area contributed by atoms with Crippen LogP contribution in [0.3, 0.4) is 0 Å². The molecule has 4 nitrogen and oxygen atoms in total. The van der Waals surface area contributed by atoms with Crippen molar-refractivity contribution in [2.24, 2.45) is 0 Å². The van der Waals surface area contributed by atoms with Crippen LogP contribution in [0.2, 0.25) is 0 Å². The van der Waals surface area contributed by atoms with E-state index in [9.17, 15) is 9.59 Å². The van der Waals surface area contributed by atoms with E-state index >= 15 is 0 Å². The van der Waals surface area contributed by atoms with Crippen molar-refractivity contribution < 1.29 is 19.4 Å². The first-order valence-corrected chi connectivity index (χ1v) is 19.0. The van der Waals surface area contributed by atoms with Gasteiger partial charge in [-0.05, 0) is 38.5 Å².